The number of rotatable bonds is 10. The molecule has 0 aromatic heterocycles. The van der Waals surface area contributed by atoms with Crippen LogP contribution < -0.4 is 19.5 Å². The number of methoxy groups -OCH3 is 1. The number of nitrogens with zero attached hydrogens (tertiary/aromatic N) is 1. The lowest BCUT2D eigenvalue weighted by atomic mass is 10.1. The first-order chi connectivity index (χ1) is 19.2. The number of carbonyl (C=O) groups excluding carboxylic acids is 3. The summed E-state index contributed by atoms with van der Waals surface area (Å²) in [4.78, 5) is 39.7. The third kappa shape index (κ3) is 6.88. The summed E-state index contributed by atoms with van der Waals surface area (Å²) in [5, 5.41) is 3.25. The van der Waals surface area contributed by atoms with Crippen molar-refractivity contribution < 1.29 is 28.6 Å². The second-order valence-corrected chi connectivity index (χ2v) is 10.0. The Bertz CT molecular complexity index is 1470. The van der Waals surface area contributed by atoms with E-state index in [1.807, 2.05) is 6.92 Å². The van der Waals surface area contributed by atoms with Crippen molar-refractivity contribution in [1.29, 1.82) is 0 Å². The highest BCUT2D eigenvalue weighted by Gasteiger charge is 2.36. The van der Waals surface area contributed by atoms with Crippen molar-refractivity contribution in [2.75, 3.05) is 13.7 Å². The van der Waals surface area contributed by atoms with Crippen molar-refractivity contribution in [2.45, 2.75) is 26.5 Å². The molecule has 0 atom stereocenters. The molecule has 1 heterocycles. The van der Waals surface area contributed by atoms with Crippen LogP contribution in [0.25, 0.3) is 6.08 Å². The molecule has 3 aromatic carbocycles. The van der Waals surface area contributed by atoms with Gasteiger partial charge in [0.15, 0.2) is 11.5 Å². The Labute approximate surface area is 246 Å². The molecule has 1 saturated heterocycles. The largest absolute Gasteiger partial charge is 0.493 e. The Hall–Kier alpha value is -3.72. The van der Waals surface area contributed by atoms with Gasteiger partial charge in [-0.1, -0.05) is 59.9 Å². The van der Waals surface area contributed by atoms with Crippen molar-refractivity contribution in [2.24, 2.45) is 0 Å². The minimum absolute atomic E-state index is 0.115. The molecule has 1 N–H and O–H groups in total. The molecule has 0 bridgehead atoms. The molecule has 3 aromatic rings. The fourth-order valence-corrected chi connectivity index (χ4v) is 4.58. The number of amides is 4. The van der Waals surface area contributed by atoms with Crippen molar-refractivity contribution >= 4 is 58.7 Å². The first kappa shape index (κ1) is 29.3. The van der Waals surface area contributed by atoms with Crippen LogP contribution in [0.4, 0.5) is 4.79 Å². The highest BCUT2D eigenvalue weighted by Crippen LogP contribution is 2.35. The predicted molar refractivity (Wildman–Crippen MR) is 153 cm³/mol. The lowest BCUT2D eigenvalue weighted by Gasteiger charge is -2.27. The van der Waals surface area contributed by atoms with Crippen LogP contribution in [0.15, 0.2) is 60.2 Å². The number of halogens is 3. The second kappa shape index (κ2) is 13.1. The van der Waals surface area contributed by atoms with E-state index >= 15 is 0 Å². The molecule has 4 amide bonds. The van der Waals surface area contributed by atoms with Crippen LogP contribution in [0, 0.1) is 0 Å². The van der Waals surface area contributed by atoms with Crippen LogP contribution in [0.2, 0.25) is 15.1 Å². The van der Waals surface area contributed by atoms with Crippen molar-refractivity contribution in [3.63, 3.8) is 0 Å². The summed E-state index contributed by atoms with van der Waals surface area (Å²) in [6, 6.07) is 14.3. The molecule has 0 aliphatic carbocycles. The summed E-state index contributed by atoms with van der Waals surface area (Å²) in [5.74, 6) is -0.434. The number of carbonyl (C=O) groups is 3. The zero-order valence-electron chi connectivity index (χ0n) is 21.6. The normalized spacial score (nSPS) is 14.4. The molecule has 0 radical (unpaired) electrons. The Morgan fingerprint density at radius 1 is 0.875 bits per heavy atom. The summed E-state index contributed by atoms with van der Waals surface area (Å²) in [5.41, 5.74) is 1.41. The Kier molecular flexibility index (Phi) is 9.58. The molecule has 1 fully saturated rings. The third-order valence-electron chi connectivity index (χ3n) is 5.85. The summed E-state index contributed by atoms with van der Waals surface area (Å²) < 4.78 is 17.0. The molecule has 11 heteroatoms. The standard InChI is InChI=1S/C29H25Cl3N2O6/c1-3-10-39-24-9-6-18(11-25(24)38-2)15-34-28(36)22(27(35)33-29(34)37)13-19-12-21(31)14-23(32)26(19)40-16-17-4-7-20(30)8-5-17/h4-9,11-14H,3,10,15-16H2,1-2H3,(H,33,35,37)/b22-13+. The molecule has 1 aliphatic rings. The van der Waals surface area contributed by atoms with Gasteiger partial charge in [0, 0.05) is 15.6 Å². The molecule has 8 nitrogen and oxygen atoms in total. The van der Waals surface area contributed by atoms with E-state index < -0.39 is 17.8 Å². The highest BCUT2D eigenvalue weighted by molar-refractivity contribution is 6.36. The van der Waals surface area contributed by atoms with Gasteiger partial charge in [-0.3, -0.25) is 19.8 Å². The number of barbiturate groups is 1. The SMILES string of the molecule is CCCOc1ccc(CN2C(=O)NC(=O)/C(=C\c3cc(Cl)cc(Cl)c3OCc3ccc(Cl)cc3)C2=O)cc1OC. The quantitative estimate of drug-likeness (QED) is 0.205. The van der Waals surface area contributed by atoms with Crippen LogP contribution in [-0.4, -0.2) is 36.5 Å². The fraction of sp³-hybridized carbons (Fsp3) is 0.207. The van der Waals surface area contributed by atoms with E-state index in [0.717, 1.165) is 16.9 Å². The Morgan fingerprint density at radius 2 is 1.60 bits per heavy atom. The molecule has 40 heavy (non-hydrogen) atoms. The van der Waals surface area contributed by atoms with Gasteiger partial charge in [0.2, 0.25) is 0 Å². The highest BCUT2D eigenvalue weighted by atomic mass is 35.5. The number of urea groups is 1. The third-order valence-corrected chi connectivity index (χ3v) is 6.60. The molecule has 0 unspecified atom stereocenters. The van der Waals surface area contributed by atoms with Crippen molar-refractivity contribution in [3.8, 4) is 17.2 Å². The average Bonchev–Trinajstić information content (AvgIpc) is 2.92. The number of benzene rings is 3. The van der Waals surface area contributed by atoms with Crippen LogP contribution in [0.1, 0.15) is 30.0 Å². The summed E-state index contributed by atoms with van der Waals surface area (Å²) in [7, 11) is 1.50. The van der Waals surface area contributed by atoms with E-state index in [1.165, 1.54) is 25.3 Å². The maximum Gasteiger partial charge on any atom is 0.331 e. The molecule has 1 aliphatic heterocycles. The Morgan fingerprint density at radius 3 is 2.30 bits per heavy atom. The lowest BCUT2D eigenvalue weighted by Crippen LogP contribution is -2.53. The number of imide groups is 2. The van der Waals surface area contributed by atoms with Gasteiger partial charge >= 0.3 is 6.03 Å². The van der Waals surface area contributed by atoms with E-state index in [-0.39, 0.29) is 34.5 Å². The predicted octanol–water partition coefficient (Wildman–Crippen LogP) is 6.69. The molecule has 4 rings (SSSR count). The summed E-state index contributed by atoms with van der Waals surface area (Å²) >= 11 is 18.6. The number of hydrogen-bond acceptors (Lipinski definition) is 6. The van der Waals surface area contributed by atoms with Gasteiger partial charge in [-0.05, 0) is 60.0 Å². The summed E-state index contributed by atoms with van der Waals surface area (Å²) in [6.45, 7) is 2.52. The number of ether oxygens (including phenoxy) is 3. The monoisotopic (exact) mass is 602 g/mol. The fourth-order valence-electron chi connectivity index (χ4n) is 3.89. The molecule has 0 saturated carbocycles. The number of nitrogens with one attached hydrogen (secondary N) is 1. The maximum atomic E-state index is 13.4. The van der Waals surface area contributed by atoms with Gasteiger partial charge in [0.05, 0.1) is 25.3 Å². The Balaban J connectivity index is 1.62. The first-order valence-electron chi connectivity index (χ1n) is 12.2. The minimum atomic E-state index is -0.855. The molecular weight excluding hydrogens is 579 g/mol. The lowest BCUT2D eigenvalue weighted by molar-refractivity contribution is -0.130. The topological polar surface area (TPSA) is 94.2 Å². The van der Waals surface area contributed by atoms with Crippen molar-refractivity contribution in [3.05, 3.63) is 91.9 Å². The van der Waals surface area contributed by atoms with E-state index in [2.05, 4.69) is 5.32 Å². The zero-order valence-corrected chi connectivity index (χ0v) is 23.9. The van der Waals surface area contributed by atoms with E-state index in [0.29, 0.717) is 34.3 Å². The average molecular weight is 604 g/mol. The smallest absolute Gasteiger partial charge is 0.331 e. The molecule has 0 spiro atoms. The van der Waals surface area contributed by atoms with E-state index in [9.17, 15) is 14.4 Å². The van der Waals surface area contributed by atoms with Gasteiger partial charge in [-0.15, -0.1) is 0 Å². The van der Waals surface area contributed by atoms with Gasteiger partial charge in [-0.25, -0.2) is 4.79 Å². The van der Waals surface area contributed by atoms with E-state index in [1.54, 1.807) is 42.5 Å². The van der Waals surface area contributed by atoms with Crippen LogP contribution in [0.5, 0.6) is 17.2 Å². The number of hydrogen-bond donors (Lipinski definition) is 1. The van der Waals surface area contributed by atoms with Gasteiger partial charge in [0.1, 0.15) is 17.9 Å². The second-order valence-electron chi connectivity index (χ2n) is 8.76. The van der Waals surface area contributed by atoms with Crippen LogP contribution in [-0.2, 0) is 22.7 Å². The minimum Gasteiger partial charge on any atom is -0.493 e. The van der Waals surface area contributed by atoms with Gasteiger partial charge in [-0.2, -0.15) is 0 Å². The maximum absolute atomic E-state index is 13.4. The van der Waals surface area contributed by atoms with Crippen LogP contribution in [0.3, 0.4) is 0 Å². The molecule has 208 valence electrons. The summed E-state index contributed by atoms with van der Waals surface area (Å²) in [6.07, 6.45) is 2.12. The molecular formula is C29H25Cl3N2O6. The van der Waals surface area contributed by atoms with Crippen LogP contribution >= 0.6 is 34.8 Å². The van der Waals surface area contributed by atoms with E-state index in [4.69, 9.17) is 49.0 Å². The van der Waals surface area contributed by atoms with Gasteiger partial charge < -0.3 is 14.2 Å². The van der Waals surface area contributed by atoms with Gasteiger partial charge in [0.25, 0.3) is 11.8 Å². The zero-order chi connectivity index (χ0) is 28.8. The first-order valence-corrected chi connectivity index (χ1v) is 13.4. The van der Waals surface area contributed by atoms with Crippen molar-refractivity contribution in [1.82, 2.24) is 10.2 Å².